The van der Waals surface area contributed by atoms with E-state index in [-0.39, 0.29) is 17.7 Å². The van der Waals surface area contributed by atoms with Crippen LogP contribution in [-0.2, 0) is 4.79 Å². The Bertz CT molecular complexity index is 898. The number of amides is 1. The second-order valence-corrected chi connectivity index (χ2v) is 7.87. The lowest BCUT2D eigenvalue weighted by molar-refractivity contribution is -0.129. The molecule has 134 valence electrons. The SMILES string of the molecule is Nc1nnc(SCC(=O)N2CCC[C@H]2c2nc(-c3cccnc3)no2)s1. The molecular weight excluding hydrogens is 374 g/mol. The molecule has 0 bridgehead atoms. The predicted octanol–water partition coefficient (Wildman–Crippen LogP) is 2.02. The molecule has 0 radical (unpaired) electrons. The molecule has 0 unspecified atom stereocenters. The highest BCUT2D eigenvalue weighted by atomic mass is 32.2. The van der Waals surface area contributed by atoms with E-state index in [1.807, 2.05) is 12.1 Å². The number of nitrogen functional groups attached to an aromatic ring is 1. The van der Waals surface area contributed by atoms with Crippen LogP contribution >= 0.6 is 23.1 Å². The fourth-order valence-corrected chi connectivity index (χ4v) is 4.31. The van der Waals surface area contributed by atoms with Gasteiger partial charge >= 0.3 is 0 Å². The third kappa shape index (κ3) is 3.53. The van der Waals surface area contributed by atoms with Crippen molar-refractivity contribution in [1.82, 2.24) is 30.2 Å². The first kappa shape index (κ1) is 16.9. The molecule has 4 heterocycles. The number of rotatable bonds is 5. The highest BCUT2D eigenvalue weighted by molar-refractivity contribution is 8.01. The van der Waals surface area contributed by atoms with Crippen LogP contribution in [0.4, 0.5) is 5.13 Å². The van der Waals surface area contributed by atoms with Crippen molar-refractivity contribution in [2.24, 2.45) is 0 Å². The van der Waals surface area contributed by atoms with Gasteiger partial charge in [-0.05, 0) is 25.0 Å². The van der Waals surface area contributed by atoms with E-state index in [1.165, 1.54) is 23.1 Å². The molecule has 1 aliphatic heterocycles. The number of carbonyl (C=O) groups excluding carboxylic acids is 1. The number of pyridine rings is 1. The summed E-state index contributed by atoms with van der Waals surface area (Å²) < 4.78 is 6.11. The Morgan fingerprint density at radius 2 is 2.38 bits per heavy atom. The lowest BCUT2D eigenvalue weighted by Gasteiger charge is -2.21. The molecule has 3 aromatic rings. The van der Waals surface area contributed by atoms with Crippen molar-refractivity contribution in [3.05, 3.63) is 30.4 Å². The molecule has 11 heteroatoms. The van der Waals surface area contributed by atoms with E-state index in [4.69, 9.17) is 10.3 Å². The summed E-state index contributed by atoms with van der Waals surface area (Å²) in [6.45, 7) is 0.674. The minimum atomic E-state index is -0.194. The summed E-state index contributed by atoms with van der Waals surface area (Å²) in [6, 6.07) is 3.48. The van der Waals surface area contributed by atoms with Crippen LogP contribution in [0.25, 0.3) is 11.4 Å². The van der Waals surface area contributed by atoms with Crippen LogP contribution in [0.5, 0.6) is 0 Å². The summed E-state index contributed by atoms with van der Waals surface area (Å²) in [5.74, 6) is 1.22. The van der Waals surface area contributed by atoms with Crippen LogP contribution in [0, 0.1) is 0 Å². The lowest BCUT2D eigenvalue weighted by atomic mass is 10.2. The molecule has 3 aromatic heterocycles. The van der Waals surface area contributed by atoms with Crippen LogP contribution in [0.1, 0.15) is 24.8 Å². The van der Waals surface area contributed by atoms with Crippen LogP contribution < -0.4 is 5.73 Å². The number of likely N-dealkylation sites (tertiary alicyclic amines) is 1. The Hall–Kier alpha value is -2.53. The maximum atomic E-state index is 12.6. The summed E-state index contributed by atoms with van der Waals surface area (Å²) in [5.41, 5.74) is 6.34. The molecule has 1 aliphatic rings. The number of aromatic nitrogens is 5. The number of hydrogen-bond acceptors (Lipinski definition) is 10. The largest absolute Gasteiger partial charge is 0.374 e. The van der Waals surface area contributed by atoms with Gasteiger partial charge in [-0.3, -0.25) is 9.78 Å². The molecule has 1 atom stereocenters. The molecule has 0 aliphatic carbocycles. The Morgan fingerprint density at radius 1 is 1.46 bits per heavy atom. The number of carbonyl (C=O) groups is 1. The summed E-state index contributed by atoms with van der Waals surface area (Å²) in [6.07, 6.45) is 5.07. The number of nitrogens with zero attached hydrogens (tertiary/aromatic N) is 6. The Labute approximate surface area is 157 Å². The van der Waals surface area contributed by atoms with E-state index >= 15 is 0 Å². The van der Waals surface area contributed by atoms with Gasteiger partial charge in [0.25, 0.3) is 0 Å². The second-order valence-electron chi connectivity index (χ2n) is 5.64. The van der Waals surface area contributed by atoms with Gasteiger partial charge in [-0.15, -0.1) is 10.2 Å². The van der Waals surface area contributed by atoms with E-state index in [2.05, 4.69) is 25.3 Å². The molecule has 9 nitrogen and oxygen atoms in total. The number of nitrogens with two attached hydrogens (primary N) is 1. The van der Waals surface area contributed by atoms with Gasteiger partial charge in [0.1, 0.15) is 6.04 Å². The van der Waals surface area contributed by atoms with Crippen molar-refractivity contribution in [3.8, 4) is 11.4 Å². The summed E-state index contributed by atoms with van der Waals surface area (Å²) in [4.78, 5) is 22.9. The van der Waals surface area contributed by atoms with E-state index in [1.54, 1.807) is 17.3 Å². The maximum Gasteiger partial charge on any atom is 0.249 e. The number of hydrogen-bond donors (Lipinski definition) is 1. The highest BCUT2D eigenvalue weighted by Crippen LogP contribution is 2.33. The molecule has 1 amide bonds. The minimum absolute atomic E-state index is 0.00685. The average molecular weight is 389 g/mol. The first-order valence-electron chi connectivity index (χ1n) is 7.96. The third-order valence-corrected chi connectivity index (χ3v) is 5.83. The summed E-state index contributed by atoms with van der Waals surface area (Å²) in [5, 5.41) is 12.1. The second kappa shape index (κ2) is 7.38. The van der Waals surface area contributed by atoms with Gasteiger partial charge in [-0.2, -0.15) is 4.98 Å². The molecule has 2 N–H and O–H groups in total. The van der Waals surface area contributed by atoms with Gasteiger partial charge in [0.15, 0.2) is 4.34 Å². The molecular formula is C15H15N7O2S2. The van der Waals surface area contributed by atoms with Crippen LogP contribution in [0.15, 0.2) is 33.4 Å². The van der Waals surface area contributed by atoms with Crippen LogP contribution in [0.2, 0.25) is 0 Å². The maximum absolute atomic E-state index is 12.6. The quantitative estimate of drug-likeness (QED) is 0.652. The molecule has 1 saturated heterocycles. The standard InChI is InChI=1S/C15H15N7O2S2/c16-14-19-20-15(26-14)25-8-11(23)22-6-2-4-10(22)13-18-12(21-24-13)9-3-1-5-17-7-9/h1,3,5,7,10H,2,4,6,8H2,(H2,16,19)/t10-/m0/s1. The third-order valence-electron chi connectivity index (χ3n) is 3.96. The number of thioether (sulfide) groups is 1. The summed E-state index contributed by atoms with van der Waals surface area (Å²) >= 11 is 2.61. The fraction of sp³-hybridized carbons (Fsp3) is 0.333. The molecule has 26 heavy (non-hydrogen) atoms. The summed E-state index contributed by atoms with van der Waals surface area (Å²) in [7, 11) is 0. The highest BCUT2D eigenvalue weighted by Gasteiger charge is 2.34. The monoisotopic (exact) mass is 389 g/mol. The van der Waals surface area contributed by atoms with Crippen molar-refractivity contribution in [3.63, 3.8) is 0 Å². The van der Waals surface area contributed by atoms with Crippen molar-refractivity contribution in [2.45, 2.75) is 23.2 Å². The van der Waals surface area contributed by atoms with Crippen LogP contribution in [-0.4, -0.2) is 48.4 Å². The normalized spacial score (nSPS) is 16.9. The van der Waals surface area contributed by atoms with Gasteiger partial charge < -0.3 is 15.2 Å². The Morgan fingerprint density at radius 3 is 3.15 bits per heavy atom. The molecule has 0 saturated carbocycles. The average Bonchev–Trinajstić information content (AvgIpc) is 3.40. The van der Waals surface area contributed by atoms with Crippen molar-refractivity contribution in [1.29, 1.82) is 0 Å². The van der Waals surface area contributed by atoms with Crippen molar-refractivity contribution < 1.29 is 9.32 Å². The zero-order valence-electron chi connectivity index (χ0n) is 13.6. The molecule has 1 fully saturated rings. The van der Waals surface area contributed by atoms with Crippen molar-refractivity contribution in [2.75, 3.05) is 18.0 Å². The van der Waals surface area contributed by atoms with Gasteiger partial charge in [-0.1, -0.05) is 28.3 Å². The van der Waals surface area contributed by atoms with Gasteiger partial charge in [0.05, 0.1) is 5.75 Å². The first-order valence-corrected chi connectivity index (χ1v) is 9.76. The van der Waals surface area contributed by atoms with Gasteiger partial charge in [0, 0.05) is 24.5 Å². The lowest BCUT2D eigenvalue weighted by Crippen LogP contribution is -2.32. The van der Waals surface area contributed by atoms with E-state index in [0.717, 1.165) is 18.4 Å². The minimum Gasteiger partial charge on any atom is -0.374 e. The zero-order chi connectivity index (χ0) is 17.9. The molecule has 4 rings (SSSR count). The predicted molar refractivity (Wildman–Crippen MR) is 96.3 cm³/mol. The van der Waals surface area contributed by atoms with Gasteiger partial charge in [-0.25, -0.2) is 0 Å². The first-order chi connectivity index (χ1) is 12.7. The Kier molecular flexibility index (Phi) is 4.80. The fourth-order valence-electron chi connectivity index (χ4n) is 2.79. The smallest absolute Gasteiger partial charge is 0.249 e. The van der Waals surface area contributed by atoms with Crippen LogP contribution in [0.3, 0.4) is 0 Å². The Balaban J connectivity index is 1.44. The molecule has 0 aromatic carbocycles. The number of anilines is 1. The van der Waals surface area contributed by atoms with E-state index in [9.17, 15) is 4.79 Å². The molecule has 0 spiro atoms. The zero-order valence-corrected chi connectivity index (χ0v) is 15.2. The van der Waals surface area contributed by atoms with E-state index < -0.39 is 0 Å². The topological polar surface area (TPSA) is 124 Å². The van der Waals surface area contributed by atoms with Gasteiger partial charge in [0.2, 0.25) is 22.8 Å². The van der Waals surface area contributed by atoms with E-state index in [0.29, 0.717) is 27.7 Å². The van der Waals surface area contributed by atoms with Crippen molar-refractivity contribution >= 4 is 34.1 Å².